The Labute approximate surface area is 134 Å². The number of thiophene rings is 1. The summed E-state index contributed by atoms with van der Waals surface area (Å²) >= 11 is 7.47. The monoisotopic (exact) mass is 325 g/mol. The number of hydrogen-bond acceptors (Lipinski definition) is 4. The summed E-state index contributed by atoms with van der Waals surface area (Å²) in [6.07, 6.45) is -0.522. The summed E-state index contributed by atoms with van der Waals surface area (Å²) in [5.41, 5.74) is 1.11. The molecule has 0 saturated heterocycles. The van der Waals surface area contributed by atoms with Crippen molar-refractivity contribution in [2.24, 2.45) is 0 Å². The Morgan fingerprint density at radius 3 is 2.67 bits per heavy atom. The topological polar surface area (TPSA) is 41.5 Å². The molecule has 1 aromatic heterocycles. The zero-order chi connectivity index (χ0) is 15.1. The van der Waals surface area contributed by atoms with Crippen LogP contribution in [0, 0.1) is 0 Å². The molecule has 0 saturated carbocycles. The Bertz CT molecular complexity index is 532. The average Bonchev–Trinajstić information content (AvgIpc) is 2.92. The number of halogens is 1. The average molecular weight is 326 g/mol. The molecule has 2 unspecified atom stereocenters. The van der Waals surface area contributed by atoms with E-state index in [-0.39, 0.29) is 6.04 Å². The molecule has 2 N–H and O–H groups in total. The van der Waals surface area contributed by atoms with Crippen molar-refractivity contribution in [2.75, 3.05) is 13.2 Å². The van der Waals surface area contributed by atoms with Gasteiger partial charge in [-0.3, -0.25) is 0 Å². The van der Waals surface area contributed by atoms with E-state index in [9.17, 15) is 5.11 Å². The van der Waals surface area contributed by atoms with Crippen LogP contribution in [0.4, 0.5) is 0 Å². The van der Waals surface area contributed by atoms with Gasteiger partial charge in [0, 0.05) is 17.5 Å². The maximum Gasteiger partial charge on any atom is 0.0931 e. The summed E-state index contributed by atoms with van der Waals surface area (Å²) in [6, 6.07) is 14.0. The van der Waals surface area contributed by atoms with E-state index in [1.165, 1.54) is 0 Å². The molecule has 5 heteroatoms. The molecule has 21 heavy (non-hydrogen) atoms. The maximum absolute atomic E-state index is 9.92. The van der Waals surface area contributed by atoms with Crippen LogP contribution in [0.15, 0.2) is 42.5 Å². The Kier molecular flexibility index (Phi) is 6.67. The van der Waals surface area contributed by atoms with Crippen LogP contribution in [0.3, 0.4) is 0 Å². The summed E-state index contributed by atoms with van der Waals surface area (Å²) in [5, 5.41) is 13.2. The molecule has 0 bridgehead atoms. The van der Waals surface area contributed by atoms with Crippen LogP contribution in [0.2, 0.25) is 4.34 Å². The van der Waals surface area contributed by atoms with Gasteiger partial charge >= 0.3 is 0 Å². The van der Waals surface area contributed by atoms with Gasteiger partial charge in [0.15, 0.2) is 0 Å². The lowest BCUT2D eigenvalue weighted by Crippen LogP contribution is -2.31. The van der Waals surface area contributed by atoms with Crippen molar-refractivity contribution in [3.63, 3.8) is 0 Å². The van der Waals surface area contributed by atoms with Crippen LogP contribution < -0.4 is 5.32 Å². The number of ether oxygens (including phenoxy) is 1. The van der Waals surface area contributed by atoms with Crippen molar-refractivity contribution in [1.82, 2.24) is 5.32 Å². The number of nitrogens with one attached hydrogen (secondary N) is 1. The van der Waals surface area contributed by atoms with E-state index in [0.717, 1.165) is 14.8 Å². The predicted octanol–water partition coefficient (Wildman–Crippen LogP) is 3.63. The second-order valence-electron chi connectivity index (χ2n) is 4.93. The molecular formula is C16H20ClNO2S. The second kappa shape index (κ2) is 8.51. The van der Waals surface area contributed by atoms with E-state index in [1.807, 2.05) is 42.5 Å². The molecule has 2 atom stereocenters. The number of aliphatic hydroxyl groups is 1. The maximum atomic E-state index is 9.92. The summed E-state index contributed by atoms with van der Waals surface area (Å²) < 4.78 is 6.30. The lowest BCUT2D eigenvalue weighted by atomic mass is 10.2. The smallest absolute Gasteiger partial charge is 0.0931 e. The predicted molar refractivity (Wildman–Crippen MR) is 87.9 cm³/mol. The van der Waals surface area contributed by atoms with E-state index in [0.29, 0.717) is 19.8 Å². The van der Waals surface area contributed by atoms with Gasteiger partial charge in [-0.1, -0.05) is 41.9 Å². The fourth-order valence-corrected chi connectivity index (χ4v) is 3.01. The molecule has 0 aliphatic heterocycles. The molecule has 114 valence electrons. The highest BCUT2D eigenvalue weighted by Gasteiger charge is 2.10. The van der Waals surface area contributed by atoms with Crippen LogP contribution in [0.25, 0.3) is 0 Å². The van der Waals surface area contributed by atoms with Gasteiger partial charge in [-0.15, -0.1) is 11.3 Å². The third-order valence-electron chi connectivity index (χ3n) is 3.10. The molecule has 1 aromatic carbocycles. The van der Waals surface area contributed by atoms with Crippen LogP contribution in [0.1, 0.15) is 23.4 Å². The van der Waals surface area contributed by atoms with Crippen molar-refractivity contribution < 1.29 is 9.84 Å². The zero-order valence-corrected chi connectivity index (χ0v) is 13.5. The van der Waals surface area contributed by atoms with Crippen LogP contribution >= 0.6 is 22.9 Å². The summed E-state index contributed by atoms with van der Waals surface area (Å²) in [7, 11) is 0. The molecule has 0 spiro atoms. The van der Waals surface area contributed by atoms with Gasteiger partial charge in [0.1, 0.15) is 0 Å². The fourth-order valence-electron chi connectivity index (χ4n) is 1.92. The first-order valence-corrected chi connectivity index (χ1v) is 8.13. The lowest BCUT2D eigenvalue weighted by molar-refractivity contribution is 0.0278. The van der Waals surface area contributed by atoms with Gasteiger partial charge < -0.3 is 15.2 Å². The largest absolute Gasteiger partial charge is 0.389 e. The van der Waals surface area contributed by atoms with Crippen LogP contribution in [-0.2, 0) is 11.3 Å². The quantitative estimate of drug-likeness (QED) is 0.778. The van der Waals surface area contributed by atoms with Crippen molar-refractivity contribution in [2.45, 2.75) is 25.7 Å². The third kappa shape index (κ3) is 5.77. The Morgan fingerprint density at radius 2 is 2.00 bits per heavy atom. The fraction of sp³-hybridized carbons (Fsp3) is 0.375. The Balaban J connectivity index is 1.64. The number of benzene rings is 1. The second-order valence-corrected chi connectivity index (χ2v) is 6.67. The summed E-state index contributed by atoms with van der Waals surface area (Å²) in [6.45, 7) is 3.39. The van der Waals surface area contributed by atoms with E-state index in [2.05, 4.69) is 12.2 Å². The zero-order valence-electron chi connectivity index (χ0n) is 12.0. The molecule has 0 aliphatic carbocycles. The standard InChI is InChI=1S/C16H20ClNO2S/c1-12(15-7-8-16(17)21-15)18-9-14(19)11-20-10-13-5-3-2-4-6-13/h2-8,12,14,18-19H,9-11H2,1H3. The highest BCUT2D eigenvalue weighted by Crippen LogP contribution is 2.26. The first-order chi connectivity index (χ1) is 10.1. The van der Waals surface area contributed by atoms with E-state index >= 15 is 0 Å². The third-order valence-corrected chi connectivity index (χ3v) is 4.52. The van der Waals surface area contributed by atoms with Crippen molar-refractivity contribution >= 4 is 22.9 Å². The SMILES string of the molecule is CC(NCC(O)COCc1ccccc1)c1ccc(Cl)s1. The minimum absolute atomic E-state index is 0.172. The van der Waals surface area contributed by atoms with Crippen LogP contribution in [-0.4, -0.2) is 24.4 Å². The van der Waals surface area contributed by atoms with E-state index in [4.69, 9.17) is 16.3 Å². The normalized spacial score (nSPS) is 14.0. The van der Waals surface area contributed by atoms with Crippen molar-refractivity contribution in [3.8, 4) is 0 Å². The number of rotatable bonds is 8. The summed E-state index contributed by atoms with van der Waals surface area (Å²) in [4.78, 5) is 1.16. The van der Waals surface area contributed by atoms with Crippen LogP contribution in [0.5, 0.6) is 0 Å². The lowest BCUT2D eigenvalue weighted by Gasteiger charge is -2.16. The first kappa shape index (κ1) is 16.5. The van der Waals surface area contributed by atoms with Gasteiger partial charge in [-0.25, -0.2) is 0 Å². The van der Waals surface area contributed by atoms with Gasteiger partial charge in [-0.05, 0) is 24.6 Å². The van der Waals surface area contributed by atoms with Crippen molar-refractivity contribution in [1.29, 1.82) is 0 Å². The first-order valence-electron chi connectivity index (χ1n) is 6.93. The Hall–Kier alpha value is -0.910. The minimum Gasteiger partial charge on any atom is -0.389 e. The molecule has 0 radical (unpaired) electrons. The molecule has 3 nitrogen and oxygen atoms in total. The van der Waals surface area contributed by atoms with Gasteiger partial charge in [0.05, 0.1) is 23.7 Å². The van der Waals surface area contributed by atoms with Gasteiger partial charge in [0.2, 0.25) is 0 Å². The van der Waals surface area contributed by atoms with Gasteiger partial charge in [-0.2, -0.15) is 0 Å². The molecule has 0 amide bonds. The molecule has 1 heterocycles. The Morgan fingerprint density at radius 1 is 1.24 bits per heavy atom. The molecular weight excluding hydrogens is 306 g/mol. The molecule has 2 aromatic rings. The highest BCUT2D eigenvalue weighted by molar-refractivity contribution is 7.16. The van der Waals surface area contributed by atoms with Crippen molar-refractivity contribution in [3.05, 3.63) is 57.2 Å². The molecule has 2 rings (SSSR count). The molecule has 0 fully saturated rings. The number of hydrogen-bond donors (Lipinski definition) is 2. The molecule has 0 aliphatic rings. The van der Waals surface area contributed by atoms with Gasteiger partial charge in [0.25, 0.3) is 0 Å². The highest BCUT2D eigenvalue weighted by atomic mass is 35.5. The number of aliphatic hydroxyl groups excluding tert-OH is 1. The van der Waals surface area contributed by atoms with E-state index < -0.39 is 6.10 Å². The summed E-state index contributed by atoms with van der Waals surface area (Å²) in [5.74, 6) is 0. The van der Waals surface area contributed by atoms with E-state index in [1.54, 1.807) is 11.3 Å². The minimum atomic E-state index is -0.522.